The van der Waals surface area contributed by atoms with Gasteiger partial charge in [-0.05, 0) is 54.0 Å². The van der Waals surface area contributed by atoms with E-state index in [0.29, 0.717) is 12.1 Å². The molecule has 148 valence electrons. The third-order valence-electron chi connectivity index (χ3n) is 4.91. The number of pyridine rings is 1. The van der Waals surface area contributed by atoms with Gasteiger partial charge in [0.1, 0.15) is 0 Å². The molecule has 4 rings (SSSR count). The molecule has 1 aromatic carbocycles. The van der Waals surface area contributed by atoms with Crippen LogP contribution in [0.2, 0.25) is 0 Å². The van der Waals surface area contributed by atoms with Crippen LogP contribution in [0, 0.1) is 0 Å². The molecule has 1 amide bonds. The molecule has 2 aromatic heterocycles. The van der Waals surface area contributed by atoms with Crippen LogP contribution in [-0.2, 0) is 16.0 Å². The molecule has 1 aliphatic rings. The maximum absolute atomic E-state index is 13.0. The molecule has 2 heterocycles. The zero-order valence-corrected chi connectivity index (χ0v) is 17.1. The van der Waals surface area contributed by atoms with Gasteiger partial charge in [0.25, 0.3) is 5.91 Å². The van der Waals surface area contributed by atoms with Gasteiger partial charge in [-0.25, -0.2) is 9.78 Å². The molecule has 0 unspecified atom stereocenters. The van der Waals surface area contributed by atoms with Gasteiger partial charge >= 0.3 is 5.97 Å². The SMILES string of the molecule is CCCNC(=O)COC(=O)c1c2c(nc3ccccc13)C(=Cc1cccs1)CC2. The number of nitrogens with one attached hydrogen (secondary N) is 1. The highest BCUT2D eigenvalue weighted by atomic mass is 32.1. The second kappa shape index (κ2) is 8.57. The summed E-state index contributed by atoms with van der Waals surface area (Å²) in [4.78, 5) is 30.8. The van der Waals surface area contributed by atoms with Crippen LogP contribution in [0.5, 0.6) is 0 Å². The fraction of sp³-hybridized carbons (Fsp3) is 0.261. The van der Waals surface area contributed by atoms with Crippen molar-refractivity contribution in [2.75, 3.05) is 13.2 Å². The first-order chi connectivity index (χ1) is 14.2. The summed E-state index contributed by atoms with van der Waals surface area (Å²) in [5, 5.41) is 5.53. The molecule has 0 bridgehead atoms. The van der Waals surface area contributed by atoms with Crippen molar-refractivity contribution in [3.8, 4) is 0 Å². The van der Waals surface area contributed by atoms with E-state index in [9.17, 15) is 9.59 Å². The molecule has 1 aliphatic carbocycles. The maximum atomic E-state index is 13.0. The maximum Gasteiger partial charge on any atom is 0.339 e. The van der Waals surface area contributed by atoms with Crippen molar-refractivity contribution < 1.29 is 14.3 Å². The Hall–Kier alpha value is -2.99. The summed E-state index contributed by atoms with van der Waals surface area (Å²) in [6, 6.07) is 11.7. The standard InChI is InChI=1S/C23H22N2O3S/c1-2-11-24-20(26)14-28-23(27)21-17-7-3-4-8-19(17)25-22-15(9-10-18(21)22)13-16-6-5-12-29-16/h3-8,12-13H,2,9-11,14H2,1H3,(H,24,26). The van der Waals surface area contributed by atoms with Gasteiger partial charge in [0.05, 0.1) is 16.8 Å². The fourth-order valence-electron chi connectivity index (χ4n) is 3.58. The highest BCUT2D eigenvalue weighted by molar-refractivity contribution is 7.10. The third kappa shape index (κ3) is 4.07. The molecule has 3 aromatic rings. The number of nitrogens with zero attached hydrogens (tertiary/aromatic N) is 1. The van der Waals surface area contributed by atoms with Gasteiger partial charge in [-0.2, -0.15) is 0 Å². The third-order valence-corrected chi connectivity index (χ3v) is 5.73. The highest BCUT2D eigenvalue weighted by Crippen LogP contribution is 2.38. The monoisotopic (exact) mass is 406 g/mol. The summed E-state index contributed by atoms with van der Waals surface area (Å²) in [6.07, 6.45) is 4.54. The number of hydrogen-bond donors (Lipinski definition) is 1. The van der Waals surface area contributed by atoms with Gasteiger partial charge in [-0.1, -0.05) is 31.2 Å². The predicted octanol–water partition coefficient (Wildman–Crippen LogP) is 4.47. The van der Waals surface area contributed by atoms with Crippen LogP contribution in [0.3, 0.4) is 0 Å². The summed E-state index contributed by atoms with van der Waals surface area (Å²) < 4.78 is 5.37. The van der Waals surface area contributed by atoms with E-state index >= 15 is 0 Å². The van der Waals surface area contributed by atoms with E-state index in [0.717, 1.165) is 47.0 Å². The van der Waals surface area contributed by atoms with Gasteiger partial charge in [0, 0.05) is 16.8 Å². The van der Waals surface area contributed by atoms with Crippen LogP contribution >= 0.6 is 11.3 Å². The van der Waals surface area contributed by atoms with Gasteiger partial charge in [-0.3, -0.25) is 4.79 Å². The fourth-order valence-corrected chi connectivity index (χ4v) is 4.26. The molecule has 0 aliphatic heterocycles. The summed E-state index contributed by atoms with van der Waals surface area (Å²) in [5.74, 6) is -0.752. The first-order valence-corrected chi connectivity index (χ1v) is 10.6. The van der Waals surface area contributed by atoms with Crippen LogP contribution < -0.4 is 5.32 Å². The average molecular weight is 407 g/mol. The average Bonchev–Trinajstić information content (AvgIpc) is 3.39. The number of aromatic nitrogens is 1. The zero-order valence-electron chi connectivity index (χ0n) is 16.2. The summed E-state index contributed by atoms with van der Waals surface area (Å²) in [6.45, 7) is 2.27. The molecule has 0 saturated carbocycles. The number of para-hydroxylation sites is 1. The Labute approximate surface area is 173 Å². The number of fused-ring (bicyclic) bond motifs is 2. The molecular formula is C23H22N2O3S. The molecule has 0 atom stereocenters. The van der Waals surface area contributed by atoms with E-state index in [1.54, 1.807) is 11.3 Å². The Morgan fingerprint density at radius 1 is 1.21 bits per heavy atom. The number of ether oxygens (including phenoxy) is 1. The van der Waals surface area contributed by atoms with Crippen LogP contribution in [-0.4, -0.2) is 30.0 Å². The smallest absolute Gasteiger partial charge is 0.339 e. The molecule has 0 radical (unpaired) electrons. The largest absolute Gasteiger partial charge is 0.452 e. The van der Waals surface area contributed by atoms with Crippen LogP contribution in [0.4, 0.5) is 0 Å². The number of thiophene rings is 1. The van der Waals surface area contributed by atoms with Crippen molar-refractivity contribution in [3.63, 3.8) is 0 Å². The molecule has 6 heteroatoms. The predicted molar refractivity (Wildman–Crippen MR) is 116 cm³/mol. The number of carbonyl (C=O) groups excluding carboxylic acids is 2. The number of benzene rings is 1. The van der Waals surface area contributed by atoms with Crippen molar-refractivity contribution in [2.45, 2.75) is 26.2 Å². The zero-order chi connectivity index (χ0) is 20.2. The van der Waals surface area contributed by atoms with Gasteiger partial charge in [0.2, 0.25) is 0 Å². The van der Waals surface area contributed by atoms with Crippen molar-refractivity contribution in [1.29, 1.82) is 0 Å². The Morgan fingerprint density at radius 3 is 2.86 bits per heavy atom. The molecular weight excluding hydrogens is 384 g/mol. The quantitative estimate of drug-likeness (QED) is 0.614. The van der Waals surface area contributed by atoms with E-state index in [-0.39, 0.29) is 12.5 Å². The number of esters is 1. The molecule has 5 nitrogen and oxygen atoms in total. The summed E-state index contributed by atoms with van der Waals surface area (Å²) in [7, 11) is 0. The number of amides is 1. The molecule has 0 fully saturated rings. The lowest BCUT2D eigenvalue weighted by atomic mass is 10.0. The van der Waals surface area contributed by atoms with Gasteiger partial charge in [-0.15, -0.1) is 11.3 Å². The first-order valence-electron chi connectivity index (χ1n) is 9.77. The second-order valence-electron chi connectivity index (χ2n) is 6.94. The Balaban J connectivity index is 1.70. The summed E-state index contributed by atoms with van der Waals surface area (Å²) >= 11 is 1.68. The Morgan fingerprint density at radius 2 is 2.07 bits per heavy atom. The van der Waals surface area contributed by atoms with E-state index < -0.39 is 5.97 Å². The van der Waals surface area contributed by atoms with Gasteiger partial charge < -0.3 is 10.1 Å². The number of carbonyl (C=O) groups is 2. The van der Waals surface area contributed by atoms with Gasteiger partial charge in [0.15, 0.2) is 6.61 Å². The lowest BCUT2D eigenvalue weighted by Gasteiger charge is -2.12. The van der Waals surface area contributed by atoms with E-state index in [1.807, 2.05) is 42.6 Å². The Kier molecular flexibility index (Phi) is 5.71. The second-order valence-corrected chi connectivity index (χ2v) is 7.92. The normalized spacial score (nSPS) is 14.2. The van der Waals surface area contributed by atoms with Crippen molar-refractivity contribution in [2.24, 2.45) is 0 Å². The van der Waals surface area contributed by atoms with Crippen LogP contribution in [0.25, 0.3) is 22.6 Å². The van der Waals surface area contributed by atoms with E-state index in [1.165, 1.54) is 4.88 Å². The highest BCUT2D eigenvalue weighted by Gasteiger charge is 2.27. The molecule has 0 saturated heterocycles. The van der Waals surface area contributed by atoms with Crippen molar-refractivity contribution >= 4 is 45.8 Å². The Bertz CT molecular complexity index is 1090. The van der Waals surface area contributed by atoms with E-state index in [4.69, 9.17) is 9.72 Å². The molecule has 1 N–H and O–H groups in total. The lowest BCUT2D eigenvalue weighted by molar-refractivity contribution is -0.124. The van der Waals surface area contributed by atoms with Crippen LogP contribution in [0.15, 0.2) is 41.8 Å². The first kappa shape index (κ1) is 19.3. The lowest BCUT2D eigenvalue weighted by Crippen LogP contribution is -2.29. The number of rotatable bonds is 6. The topological polar surface area (TPSA) is 68.3 Å². The number of hydrogen-bond acceptors (Lipinski definition) is 5. The minimum atomic E-state index is -0.469. The van der Waals surface area contributed by atoms with Crippen molar-refractivity contribution in [3.05, 3.63) is 63.5 Å². The summed E-state index contributed by atoms with van der Waals surface area (Å²) in [5.41, 5.74) is 4.18. The minimum Gasteiger partial charge on any atom is -0.452 e. The van der Waals surface area contributed by atoms with E-state index in [2.05, 4.69) is 17.5 Å². The number of allylic oxidation sites excluding steroid dienone is 1. The molecule has 29 heavy (non-hydrogen) atoms. The minimum absolute atomic E-state index is 0.276. The van der Waals surface area contributed by atoms with Crippen LogP contribution in [0.1, 0.15) is 46.3 Å². The molecule has 0 spiro atoms. The van der Waals surface area contributed by atoms with Crippen molar-refractivity contribution in [1.82, 2.24) is 10.3 Å².